The van der Waals surface area contributed by atoms with Crippen molar-refractivity contribution >= 4 is 5.65 Å². The van der Waals surface area contributed by atoms with Gasteiger partial charge in [-0.1, -0.05) is 0 Å². The van der Waals surface area contributed by atoms with Gasteiger partial charge in [0.1, 0.15) is 0 Å². The van der Waals surface area contributed by atoms with E-state index in [1.54, 1.807) is 7.11 Å². The van der Waals surface area contributed by atoms with Gasteiger partial charge in [-0.3, -0.25) is 0 Å². The second-order valence-corrected chi connectivity index (χ2v) is 5.02. The average molecular weight is 245 g/mol. The number of methoxy groups -OCH3 is 1. The van der Waals surface area contributed by atoms with E-state index in [0.29, 0.717) is 6.04 Å². The first kappa shape index (κ1) is 11.5. The lowest BCUT2D eigenvalue weighted by atomic mass is 10.1. The summed E-state index contributed by atoms with van der Waals surface area (Å²) in [7, 11) is 3.89. The Morgan fingerprint density at radius 3 is 3.11 bits per heavy atom. The number of likely N-dealkylation sites (tertiary alicyclic amines) is 1. The summed E-state index contributed by atoms with van der Waals surface area (Å²) >= 11 is 0. The van der Waals surface area contributed by atoms with Gasteiger partial charge in [-0.2, -0.15) is 0 Å². The number of hydrogen-bond donors (Lipinski definition) is 0. The summed E-state index contributed by atoms with van der Waals surface area (Å²) < 4.78 is 7.38. The Morgan fingerprint density at radius 1 is 1.50 bits per heavy atom. The van der Waals surface area contributed by atoms with Crippen LogP contribution >= 0.6 is 0 Å². The highest BCUT2D eigenvalue weighted by atomic mass is 16.5. The van der Waals surface area contributed by atoms with Crippen molar-refractivity contribution < 1.29 is 4.74 Å². The van der Waals surface area contributed by atoms with Gasteiger partial charge in [0.05, 0.1) is 12.8 Å². The van der Waals surface area contributed by atoms with Crippen LogP contribution in [0.5, 0.6) is 5.75 Å². The van der Waals surface area contributed by atoms with Gasteiger partial charge in [0, 0.05) is 24.9 Å². The molecule has 0 saturated carbocycles. The zero-order chi connectivity index (χ0) is 12.5. The van der Waals surface area contributed by atoms with E-state index in [9.17, 15) is 0 Å². The van der Waals surface area contributed by atoms with Crippen molar-refractivity contribution in [2.45, 2.75) is 25.3 Å². The number of ether oxygens (including phenoxy) is 1. The summed E-state index contributed by atoms with van der Waals surface area (Å²) in [5.41, 5.74) is 2.06. The van der Waals surface area contributed by atoms with Crippen LogP contribution in [0.3, 0.4) is 0 Å². The van der Waals surface area contributed by atoms with Gasteiger partial charge in [0.25, 0.3) is 0 Å². The first-order valence-corrected chi connectivity index (χ1v) is 6.49. The number of rotatable bonds is 3. The van der Waals surface area contributed by atoms with E-state index < -0.39 is 0 Å². The maximum absolute atomic E-state index is 5.34. The lowest BCUT2D eigenvalue weighted by molar-refractivity contribution is 0.308. The molecule has 0 spiro atoms. The molecule has 4 heteroatoms. The Morgan fingerprint density at radius 2 is 2.39 bits per heavy atom. The summed E-state index contributed by atoms with van der Waals surface area (Å²) in [6.07, 6.45) is 7.75. The standard InChI is InChI=1S/C14H19N3O/c1-16-7-3-5-12(16)9-11-10-17-8-4-6-13(18-2)14(17)15-11/h4,6,8,10,12H,3,5,7,9H2,1-2H3. The molecule has 2 aromatic heterocycles. The van der Waals surface area contributed by atoms with E-state index in [-0.39, 0.29) is 0 Å². The maximum atomic E-state index is 5.34. The summed E-state index contributed by atoms with van der Waals surface area (Å²) in [4.78, 5) is 7.12. The molecule has 0 aliphatic carbocycles. The molecular formula is C14H19N3O. The third-order valence-corrected chi connectivity index (χ3v) is 3.83. The van der Waals surface area contributed by atoms with Crippen LogP contribution in [0.4, 0.5) is 0 Å². The fraction of sp³-hybridized carbons (Fsp3) is 0.500. The molecular weight excluding hydrogens is 226 g/mol. The fourth-order valence-corrected chi connectivity index (χ4v) is 2.77. The number of hydrogen-bond acceptors (Lipinski definition) is 3. The van der Waals surface area contributed by atoms with Crippen LogP contribution < -0.4 is 4.74 Å². The minimum Gasteiger partial charge on any atom is -0.493 e. The molecule has 1 saturated heterocycles. The van der Waals surface area contributed by atoms with E-state index >= 15 is 0 Å². The van der Waals surface area contributed by atoms with Crippen LogP contribution in [0.1, 0.15) is 18.5 Å². The monoisotopic (exact) mass is 245 g/mol. The molecule has 1 fully saturated rings. The van der Waals surface area contributed by atoms with Crippen molar-refractivity contribution in [1.29, 1.82) is 0 Å². The zero-order valence-corrected chi connectivity index (χ0v) is 11.0. The van der Waals surface area contributed by atoms with Crippen molar-refractivity contribution in [2.75, 3.05) is 20.7 Å². The number of fused-ring (bicyclic) bond motifs is 1. The highest BCUT2D eigenvalue weighted by Gasteiger charge is 2.22. The fourth-order valence-electron chi connectivity index (χ4n) is 2.77. The lowest BCUT2D eigenvalue weighted by Crippen LogP contribution is -2.26. The largest absolute Gasteiger partial charge is 0.493 e. The molecule has 0 amide bonds. The van der Waals surface area contributed by atoms with Gasteiger partial charge in [-0.25, -0.2) is 4.98 Å². The van der Waals surface area contributed by atoms with Crippen molar-refractivity contribution in [3.05, 3.63) is 30.2 Å². The molecule has 1 aliphatic heterocycles. The second-order valence-electron chi connectivity index (χ2n) is 5.02. The summed E-state index contributed by atoms with van der Waals surface area (Å²) in [6.45, 7) is 1.21. The number of pyridine rings is 1. The predicted molar refractivity (Wildman–Crippen MR) is 71.1 cm³/mol. The van der Waals surface area contributed by atoms with Crippen LogP contribution in [0.15, 0.2) is 24.5 Å². The topological polar surface area (TPSA) is 29.8 Å². The molecule has 1 atom stereocenters. The van der Waals surface area contributed by atoms with E-state index in [2.05, 4.69) is 18.1 Å². The quantitative estimate of drug-likeness (QED) is 0.828. The SMILES string of the molecule is COc1cccn2cc(CC3CCCN3C)nc12. The lowest BCUT2D eigenvalue weighted by Gasteiger charge is -2.17. The second kappa shape index (κ2) is 4.61. The number of aromatic nitrogens is 2. The van der Waals surface area contributed by atoms with Crippen LogP contribution in [0.25, 0.3) is 5.65 Å². The summed E-state index contributed by atoms with van der Waals surface area (Å²) in [6, 6.07) is 4.58. The van der Waals surface area contributed by atoms with Crippen LogP contribution in [0, 0.1) is 0 Å². The Bertz CT molecular complexity index is 549. The molecule has 3 rings (SSSR count). The van der Waals surface area contributed by atoms with E-state index in [1.165, 1.54) is 19.4 Å². The van der Waals surface area contributed by atoms with Gasteiger partial charge < -0.3 is 14.0 Å². The summed E-state index contributed by atoms with van der Waals surface area (Å²) in [5, 5.41) is 0. The molecule has 0 radical (unpaired) electrons. The van der Waals surface area contributed by atoms with Gasteiger partial charge in [-0.15, -0.1) is 0 Å². The molecule has 0 aromatic carbocycles. The maximum Gasteiger partial charge on any atom is 0.179 e. The van der Waals surface area contributed by atoms with Crippen LogP contribution in [-0.2, 0) is 6.42 Å². The van der Waals surface area contributed by atoms with E-state index in [4.69, 9.17) is 9.72 Å². The van der Waals surface area contributed by atoms with E-state index in [0.717, 1.165) is 23.5 Å². The van der Waals surface area contributed by atoms with Crippen molar-refractivity contribution in [3.63, 3.8) is 0 Å². The molecule has 2 aromatic rings. The number of likely N-dealkylation sites (N-methyl/N-ethyl adjacent to an activating group) is 1. The van der Waals surface area contributed by atoms with Gasteiger partial charge >= 0.3 is 0 Å². The summed E-state index contributed by atoms with van der Waals surface area (Å²) in [5.74, 6) is 0.837. The highest BCUT2D eigenvalue weighted by Crippen LogP contribution is 2.22. The van der Waals surface area contributed by atoms with Crippen LogP contribution in [-0.4, -0.2) is 41.0 Å². The molecule has 0 bridgehead atoms. The highest BCUT2D eigenvalue weighted by molar-refractivity contribution is 5.54. The third kappa shape index (κ3) is 1.97. The number of imidazole rings is 1. The van der Waals surface area contributed by atoms with Crippen molar-refractivity contribution in [3.8, 4) is 5.75 Å². The molecule has 0 N–H and O–H groups in total. The Hall–Kier alpha value is -1.55. The first-order valence-electron chi connectivity index (χ1n) is 6.49. The predicted octanol–water partition coefficient (Wildman–Crippen LogP) is 1.98. The minimum absolute atomic E-state index is 0.640. The Kier molecular flexibility index (Phi) is 2.96. The van der Waals surface area contributed by atoms with Crippen molar-refractivity contribution in [1.82, 2.24) is 14.3 Å². The van der Waals surface area contributed by atoms with Crippen LogP contribution in [0.2, 0.25) is 0 Å². The normalized spacial score (nSPS) is 20.7. The van der Waals surface area contributed by atoms with Gasteiger partial charge in [0.2, 0.25) is 0 Å². The third-order valence-electron chi connectivity index (χ3n) is 3.83. The molecule has 96 valence electrons. The Balaban J connectivity index is 1.89. The van der Waals surface area contributed by atoms with Crippen molar-refractivity contribution in [2.24, 2.45) is 0 Å². The molecule has 4 nitrogen and oxygen atoms in total. The number of nitrogens with zero attached hydrogens (tertiary/aromatic N) is 3. The molecule has 1 unspecified atom stereocenters. The smallest absolute Gasteiger partial charge is 0.179 e. The molecule has 3 heterocycles. The Labute approximate surface area is 107 Å². The van der Waals surface area contributed by atoms with Gasteiger partial charge in [-0.05, 0) is 38.6 Å². The van der Waals surface area contributed by atoms with Gasteiger partial charge in [0.15, 0.2) is 11.4 Å². The molecule has 1 aliphatic rings. The zero-order valence-electron chi connectivity index (χ0n) is 11.0. The van der Waals surface area contributed by atoms with E-state index in [1.807, 2.05) is 22.7 Å². The first-order chi connectivity index (χ1) is 8.78. The average Bonchev–Trinajstić information content (AvgIpc) is 2.95. The minimum atomic E-state index is 0.640. The molecule has 18 heavy (non-hydrogen) atoms.